The molecule has 0 rings (SSSR count). The van der Waals surface area contributed by atoms with E-state index in [0.29, 0.717) is 5.75 Å². The number of carbonyl (C=O) groups excluding carboxylic acids is 3. The normalized spacial score (nSPS) is 12.4. The highest BCUT2D eigenvalue weighted by Gasteiger charge is 2.23. The minimum Gasteiger partial charge on any atom is -0.469 e. The van der Waals surface area contributed by atoms with E-state index in [0.717, 1.165) is 11.8 Å². The fourth-order valence-electron chi connectivity index (χ4n) is 1.35. The van der Waals surface area contributed by atoms with Crippen LogP contribution in [0.2, 0.25) is 0 Å². The third-order valence-corrected chi connectivity index (χ3v) is 2.86. The minimum atomic E-state index is -0.652. The predicted molar refractivity (Wildman–Crippen MR) is 77.5 cm³/mol. The topological polar surface area (TPSA) is 81.7 Å². The summed E-state index contributed by atoms with van der Waals surface area (Å²) in [6.45, 7) is 7.07. The molecule has 0 radical (unpaired) electrons. The Morgan fingerprint density at radius 2 is 1.80 bits per heavy atom. The van der Waals surface area contributed by atoms with Crippen LogP contribution in [0.15, 0.2) is 0 Å². The van der Waals surface area contributed by atoms with Crippen LogP contribution in [0.1, 0.15) is 40.5 Å². The summed E-state index contributed by atoms with van der Waals surface area (Å²) >= 11 is 1.15. The largest absolute Gasteiger partial charge is 0.469 e. The molecule has 7 heteroatoms. The molecule has 1 amide bonds. The Labute approximate surface area is 124 Å². The number of hydrogen-bond acceptors (Lipinski definition) is 6. The second-order valence-electron chi connectivity index (χ2n) is 5.13. The zero-order chi connectivity index (χ0) is 15.8. The van der Waals surface area contributed by atoms with Crippen molar-refractivity contribution in [3.63, 3.8) is 0 Å². The van der Waals surface area contributed by atoms with Crippen molar-refractivity contribution in [2.24, 2.45) is 0 Å². The maximum atomic E-state index is 11.7. The molecule has 116 valence electrons. The molecule has 0 bridgehead atoms. The molecule has 0 heterocycles. The van der Waals surface area contributed by atoms with Crippen LogP contribution < -0.4 is 5.32 Å². The van der Waals surface area contributed by atoms with Gasteiger partial charge in [0, 0.05) is 6.42 Å². The van der Waals surface area contributed by atoms with E-state index in [2.05, 4.69) is 10.1 Å². The monoisotopic (exact) mass is 305 g/mol. The van der Waals surface area contributed by atoms with Gasteiger partial charge in [0.15, 0.2) is 5.12 Å². The highest BCUT2D eigenvalue weighted by Crippen LogP contribution is 2.12. The third kappa shape index (κ3) is 9.66. The maximum Gasteiger partial charge on any atom is 0.407 e. The van der Waals surface area contributed by atoms with Crippen LogP contribution in [0.5, 0.6) is 0 Å². The first-order valence-corrected chi connectivity index (χ1v) is 7.38. The third-order valence-electron chi connectivity index (χ3n) is 2.08. The number of esters is 1. The first kappa shape index (κ1) is 18.8. The fourth-order valence-corrected chi connectivity index (χ4v) is 2.00. The van der Waals surface area contributed by atoms with Gasteiger partial charge in [0.2, 0.25) is 0 Å². The standard InChI is InChI=1S/C13H23NO5S/c1-6-20-11(16)8-9(7-10(15)18-5)14-12(17)19-13(2,3)4/h9H,6-8H2,1-5H3,(H,14,17)/t9-/m1/s1. The molecule has 6 nitrogen and oxygen atoms in total. The van der Waals surface area contributed by atoms with Crippen molar-refractivity contribution in [3.05, 3.63) is 0 Å². The van der Waals surface area contributed by atoms with Gasteiger partial charge >= 0.3 is 12.1 Å². The number of thioether (sulfide) groups is 1. The van der Waals surface area contributed by atoms with E-state index >= 15 is 0 Å². The Morgan fingerprint density at radius 1 is 1.20 bits per heavy atom. The van der Waals surface area contributed by atoms with Crippen LogP contribution in [0.25, 0.3) is 0 Å². The molecular formula is C13H23NO5S. The lowest BCUT2D eigenvalue weighted by Crippen LogP contribution is -2.41. The lowest BCUT2D eigenvalue weighted by molar-refractivity contribution is -0.141. The van der Waals surface area contributed by atoms with Gasteiger partial charge in [-0.2, -0.15) is 0 Å². The van der Waals surface area contributed by atoms with Gasteiger partial charge in [-0.25, -0.2) is 4.79 Å². The van der Waals surface area contributed by atoms with Crippen LogP contribution in [0.3, 0.4) is 0 Å². The second-order valence-corrected chi connectivity index (χ2v) is 6.45. The summed E-state index contributed by atoms with van der Waals surface area (Å²) in [7, 11) is 1.26. The van der Waals surface area contributed by atoms with Crippen LogP contribution in [-0.2, 0) is 19.1 Å². The van der Waals surface area contributed by atoms with Gasteiger partial charge in [0.25, 0.3) is 0 Å². The van der Waals surface area contributed by atoms with Crippen molar-refractivity contribution in [2.75, 3.05) is 12.9 Å². The second kappa shape index (κ2) is 8.84. The zero-order valence-corrected chi connectivity index (χ0v) is 13.5. The maximum absolute atomic E-state index is 11.7. The Morgan fingerprint density at radius 3 is 2.25 bits per heavy atom. The van der Waals surface area contributed by atoms with Crippen LogP contribution >= 0.6 is 11.8 Å². The molecule has 0 saturated carbocycles. The molecule has 0 aromatic heterocycles. The van der Waals surface area contributed by atoms with E-state index < -0.39 is 23.7 Å². The van der Waals surface area contributed by atoms with Crippen LogP contribution in [-0.4, -0.2) is 41.7 Å². The molecule has 0 unspecified atom stereocenters. The smallest absolute Gasteiger partial charge is 0.407 e. The van der Waals surface area contributed by atoms with Crippen molar-refractivity contribution >= 4 is 28.9 Å². The summed E-state index contributed by atoms with van der Waals surface area (Å²) in [5.74, 6) is 0.163. The molecule has 0 aromatic rings. The predicted octanol–water partition coefficient (Wildman–Crippen LogP) is 2.11. The summed E-state index contributed by atoms with van der Waals surface area (Å²) in [6.07, 6.45) is -0.654. The molecule has 0 aliphatic carbocycles. The number of alkyl carbamates (subject to hydrolysis) is 1. The quantitative estimate of drug-likeness (QED) is 0.757. The van der Waals surface area contributed by atoms with Crippen molar-refractivity contribution in [3.8, 4) is 0 Å². The molecule has 0 fully saturated rings. The number of nitrogens with one attached hydrogen (secondary N) is 1. The Bertz CT molecular complexity index is 351. The van der Waals surface area contributed by atoms with Crippen molar-refractivity contribution in [1.29, 1.82) is 0 Å². The SMILES string of the molecule is CCSC(=O)C[C@@H](CC(=O)OC)NC(=O)OC(C)(C)C. The fraction of sp³-hybridized carbons (Fsp3) is 0.769. The van der Waals surface area contributed by atoms with Crippen molar-refractivity contribution in [1.82, 2.24) is 5.32 Å². The van der Waals surface area contributed by atoms with Gasteiger partial charge in [0.05, 0.1) is 19.6 Å². The summed E-state index contributed by atoms with van der Waals surface area (Å²) in [5, 5.41) is 2.45. The minimum absolute atomic E-state index is 0.0624. The summed E-state index contributed by atoms with van der Waals surface area (Å²) in [6, 6.07) is -0.621. The van der Waals surface area contributed by atoms with Crippen molar-refractivity contribution < 1.29 is 23.9 Å². The first-order chi connectivity index (χ1) is 9.17. The molecular weight excluding hydrogens is 282 g/mol. The number of amides is 1. The average molecular weight is 305 g/mol. The van der Waals surface area contributed by atoms with Crippen LogP contribution in [0.4, 0.5) is 4.79 Å². The summed E-state index contributed by atoms with van der Waals surface area (Å²) in [5.41, 5.74) is -0.637. The molecule has 1 N–H and O–H groups in total. The molecule has 0 aromatic carbocycles. The highest BCUT2D eigenvalue weighted by molar-refractivity contribution is 8.13. The zero-order valence-electron chi connectivity index (χ0n) is 12.6. The summed E-state index contributed by atoms with van der Waals surface area (Å²) in [4.78, 5) is 34.6. The number of ether oxygens (including phenoxy) is 2. The van der Waals surface area contributed by atoms with Gasteiger partial charge in [-0.05, 0) is 26.5 Å². The van der Waals surface area contributed by atoms with Gasteiger partial charge in [-0.3, -0.25) is 9.59 Å². The van der Waals surface area contributed by atoms with Crippen molar-refractivity contribution in [2.45, 2.75) is 52.2 Å². The molecule has 0 aliphatic heterocycles. The number of rotatable bonds is 6. The average Bonchev–Trinajstić information content (AvgIpc) is 2.25. The van der Waals surface area contributed by atoms with Gasteiger partial charge in [0.1, 0.15) is 5.60 Å². The number of methoxy groups -OCH3 is 1. The molecule has 0 aliphatic rings. The highest BCUT2D eigenvalue weighted by atomic mass is 32.2. The number of carbonyl (C=O) groups is 3. The Kier molecular flexibility index (Phi) is 8.29. The van der Waals surface area contributed by atoms with Gasteiger partial charge in [-0.1, -0.05) is 18.7 Å². The van der Waals surface area contributed by atoms with E-state index in [1.807, 2.05) is 6.92 Å². The Hall–Kier alpha value is -1.24. The lowest BCUT2D eigenvalue weighted by Gasteiger charge is -2.22. The van der Waals surface area contributed by atoms with Crippen LogP contribution in [0, 0.1) is 0 Å². The Balaban J connectivity index is 4.55. The van der Waals surface area contributed by atoms with E-state index in [1.54, 1.807) is 20.8 Å². The first-order valence-electron chi connectivity index (χ1n) is 6.40. The molecule has 0 spiro atoms. The lowest BCUT2D eigenvalue weighted by atomic mass is 10.1. The van der Waals surface area contributed by atoms with E-state index in [9.17, 15) is 14.4 Å². The number of hydrogen-bond donors (Lipinski definition) is 1. The van der Waals surface area contributed by atoms with E-state index in [1.165, 1.54) is 7.11 Å². The molecule has 20 heavy (non-hydrogen) atoms. The molecule has 1 atom stereocenters. The van der Waals surface area contributed by atoms with Gasteiger partial charge in [-0.15, -0.1) is 0 Å². The van der Waals surface area contributed by atoms with E-state index in [-0.39, 0.29) is 18.0 Å². The molecule has 0 saturated heterocycles. The van der Waals surface area contributed by atoms with Gasteiger partial charge < -0.3 is 14.8 Å². The van der Waals surface area contributed by atoms with E-state index in [4.69, 9.17) is 4.74 Å². The summed E-state index contributed by atoms with van der Waals surface area (Å²) < 4.78 is 9.66.